The van der Waals surface area contributed by atoms with E-state index in [0.29, 0.717) is 0 Å². The Morgan fingerprint density at radius 2 is 2.00 bits per heavy atom. The number of piperazine rings is 1. The minimum atomic E-state index is -0.0492. The van der Waals surface area contributed by atoms with E-state index in [1.807, 2.05) is 20.8 Å². The highest BCUT2D eigenvalue weighted by atomic mass is 16.4. The number of aryl methyl sites for hydroxylation is 2. The first-order valence-electron chi connectivity index (χ1n) is 6.79. The van der Waals surface area contributed by atoms with Gasteiger partial charge >= 0.3 is 0 Å². The van der Waals surface area contributed by atoms with Gasteiger partial charge in [-0.3, -0.25) is 9.88 Å². The summed E-state index contributed by atoms with van der Waals surface area (Å²) in [5, 5.41) is 11.8. The Labute approximate surface area is 119 Å². The summed E-state index contributed by atoms with van der Waals surface area (Å²) in [6.07, 6.45) is 1.79. The molecule has 1 aromatic heterocycles. The second-order valence-corrected chi connectivity index (χ2v) is 5.14. The van der Waals surface area contributed by atoms with Crippen molar-refractivity contribution >= 4 is 11.7 Å². The minimum Gasteiger partial charge on any atom is -0.409 e. The van der Waals surface area contributed by atoms with Gasteiger partial charge < -0.3 is 15.8 Å². The minimum absolute atomic E-state index is 0.0492. The molecule has 3 N–H and O–H groups in total. The van der Waals surface area contributed by atoms with Gasteiger partial charge in [0.05, 0.1) is 17.4 Å². The first-order chi connectivity index (χ1) is 9.52. The van der Waals surface area contributed by atoms with Crippen molar-refractivity contribution in [3.63, 3.8) is 0 Å². The molecule has 0 bridgehead atoms. The predicted molar refractivity (Wildman–Crippen MR) is 78.2 cm³/mol. The molecule has 0 saturated carbocycles. The molecule has 0 aliphatic carbocycles. The Bertz CT molecular complexity index is 496. The number of hydrogen-bond donors (Lipinski definition) is 2. The van der Waals surface area contributed by atoms with E-state index in [1.54, 1.807) is 6.20 Å². The number of aromatic nitrogens is 2. The third-order valence-electron chi connectivity index (χ3n) is 3.76. The van der Waals surface area contributed by atoms with Crippen molar-refractivity contribution in [3.8, 4) is 0 Å². The molecule has 0 aromatic carbocycles. The normalized spacial score (nSPS) is 19.1. The molecule has 0 spiro atoms. The van der Waals surface area contributed by atoms with Gasteiger partial charge in [-0.1, -0.05) is 5.16 Å². The molecule has 7 nitrogen and oxygen atoms in total. The monoisotopic (exact) mass is 278 g/mol. The molecule has 1 aromatic rings. The maximum Gasteiger partial charge on any atom is 0.156 e. The van der Waals surface area contributed by atoms with Crippen LogP contribution in [0.1, 0.15) is 18.3 Å². The highest BCUT2D eigenvalue weighted by Crippen LogP contribution is 2.18. The van der Waals surface area contributed by atoms with Crippen molar-refractivity contribution in [2.75, 3.05) is 31.1 Å². The van der Waals surface area contributed by atoms with Crippen LogP contribution in [0, 0.1) is 13.8 Å². The van der Waals surface area contributed by atoms with E-state index in [0.717, 1.165) is 43.4 Å². The SMILES string of the molecule is Cc1cnc(C)c(N2CCN(C(C)C(N)=NO)CC2)n1. The van der Waals surface area contributed by atoms with Crippen LogP contribution in [0.3, 0.4) is 0 Å². The Hall–Kier alpha value is -1.89. The van der Waals surface area contributed by atoms with Crippen LogP contribution >= 0.6 is 0 Å². The fraction of sp³-hybridized carbons (Fsp3) is 0.615. The molecule has 0 radical (unpaired) electrons. The zero-order chi connectivity index (χ0) is 14.7. The lowest BCUT2D eigenvalue weighted by atomic mass is 10.2. The van der Waals surface area contributed by atoms with Gasteiger partial charge in [-0.25, -0.2) is 4.98 Å². The summed E-state index contributed by atoms with van der Waals surface area (Å²) < 4.78 is 0. The molecular weight excluding hydrogens is 256 g/mol. The van der Waals surface area contributed by atoms with Gasteiger partial charge in [0.25, 0.3) is 0 Å². The van der Waals surface area contributed by atoms with Gasteiger partial charge in [0.2, 0.25) is 0 Å². The maximum atomic E-state index is 8.74. The third-order valence-corrected chi connectivity index (χ3v) is 3.76. The molecule has 1 aliphatic heterocycles. The van der Waals surface area contributed by atoms with Gasteiger partial charge in [-0.2, -0.15) is 0 Å². The van der Waals surface area contributed by atoms with Crippen molar-refractivity contribution in [1.82, 2.24) is 14.9 Å². The van der Waals surface area contributed by atoms with Gasteiger partial charge in [0.1, 0.15) is 5.82 Å². The molecule has 0 amide bonds. The standard InChI is InChI=1S/C13H22N6O/c1-9-8-15-10(2)13(16-9)19-6-4-18(5-7-19)11(3)12(14)17-20/h8,11,20H,4-7H2,1-3H3,(H2,14,17). The number of hydrogen-bond acceptors (Lipinski definition) is 6. The van der Waals surface area contributed by atoms with E-state index >= 15 is 0 Å². The van der Waals surface area contributed by atoms with Crippen molar-refractivity contribution in [3.05, 3.63) is 17.6 Å². The summed E-state index contributed by atoms with van der Waals surface area (Å²) in [4.78, 5) is 13.4. The number of rotatable bonds is 3. The van der Waals surface area contributed by atoms with Crippen molar-refractivity contribution in [2.45, 2.75) is 26.8 Å². The van der Waals surface area contributed by atoms with Crippen molar-refractivity contribution in [1.29, 1.82) is 0 Å². The average Bonchev–Trinajstić information content (AvgIpc) is 2.48. The zero-order valence-electron chi connectivity index (χ0n) is 12.2. The van der Waals surface area contributed by atoms with E-state index in [1.165, 1.54) is 0 Å². The molecule has 2 heterocycles. The molecule has 1 unspecified atom stereocenters. The van der Waals surface area contributed by atoms with E-state index in [-0.39, 0.29) is 11.9 Å². The third kappa shape index (κ3) is 2.98. The van der Waals surface area contributed by atoms with Gasteiger partial charge in [-0.15, -0.1) is 0 Å². The van der Waals surface area contributed by atoms with Crippen LogP contribution in [-0.4, -0.2) is 58.1 Å². The summed E-state index contributed by atoms with van der Waals surface area (Å²) in [5.41, 5.74) is 7.54. The smallest absolute Gasteiger partial charge is 0.156 e. The van der Waals surface area contributed by atoms with Crippen LogP contribution in [0.15, 0.2) is 11.4 Å². The number of anilines is 1. The second kappa shape index (κ2) is 6.04. The van der Waals surface area contributed by atoms with Crippen molar-refractivity contribution in [2.24, 2.45) is 10.9 Å². The van der Waals surface area contributed by atoms with Crippen LogP contribution in [0.2, 0.25) is 0 Å². The molecule has 2 rings (SSSR count). The number of nitrogens with zero attached hydrogens (tertiary/aromatic N) is 5. The zero-order valence-corrected chi connectivity index (χ0v) is 12.2. The largest absolute Gasteiger partial charge is 0.409 e. The first-order valence-corrected chi connectivity index (χ1v) is 6.79. The summed E-state index contributed by atoms with van der Waals surface area (Å²) in [5.74, 6) is 1.21. The summed E-state index contributed by atoms with van der Waals surface area (Å²) >= 11 is 0. The lowest BCUT2D eigenvalue weighted by molar-refractivity contribution is 0.229. The van der Waals surface area contributed by atoms with Crippen LogP contribution in [-0.2, 0) is 0 Å². The number of oxime groups is 1. The van der Waals surface area contributed by atoms with Crippen molar-refractivity contribution < 1.29 is 5.21 Å². The van der Waals surface area contributed by atoms with Gasteiger partial charge in [0.15, 0.2) is 5.84 Å². The van der Waals surface area contributed by atoms with Gasteiger partial charge in [-0.05, 0) is 20.8 Å². The fourth-order valence-electron chi connectivity index (χ4n) is 2.42. The van der Waals surface area contributed by atoms with Gasteiger partial charge in [0, 0.05) is 32.4 Å². The lowest BCUT2D eigenvalue weighted by Crippen LogP contribution is -2.53. The summed E-state index contributed by atoms with van der Waals surface area (Å²) in [6, 6.07) is -0.0492. The van der Waals surface area contributed by atoms with Crippen LogP contribution in [0.5, 0.6) is 0 Å². The molecule has 7 heteroatoms. The quantitative estimate of drug-likeness (QED) is 0.359. The van der Waals surface area contributed by atoms with Crippen LogP contribution in [0.25, 0.3) is 0 Å². The number of amidine groups is 1. The van der Waals surface area contributed by atoms with E-state index in [4.69, 9.17) is 10.9 Å². The Balaban J connectivity index is 2.02. The average molecular weight is 278 g/mol. The number of nitrogens with two attached hydrogens (primary N) is 1. The highest BCUT2D eigenvalue weighted by molar-refractivity contribution is 5.84. The maximum absolute atomic E-state index is 8.74. The Kier molecular flexibility index (Phi) is 4.39. The molecule has 1 atom stereocenters. The lowest BCUT2D eigenvalue weighted by Gasteiger charge is -2.38. The second-order valence-electron chi connectivity index (χ2n) is 5.14. The summed E-state index contributed by atoms with van der Waals surface area (Å²) in [6.45, 7) is 9.31. The first kappa shape index (κ1) is 14.5. The topological polar surface area (TPSA) is 90.9 Å². The molecule has 1 aliphatic rings. The Morgan fingerprint density at radius 1 is 1.35 bits per heavy atom. The molecule has 1 fully saturated rings. The molecular formula is C13H22N6O. The molecule has 1 saturated heterocycles. The van der Waals surface area contributed by atoms with E-state index in [2.05, 4.69) is 24.9 Å². The van der Waals surface area contributed by atoms with Crippen LogP contribution in [0.4, 0.5) is 5.82 Å². The van der Waals surface area contributed by atoms with E-state index in [9.17, 15) is 0 Å². The fourth-order valence-corrected chi connectivity index (χ4v) is 2.42. The van der Waals surface area contributed by atoms with E-state index < -0.39 is 0 Å². The predicted octanol–water partition coefficient (Wildman–Crippen LogP) is 0.350. The van der Waals surface area contributed by atoms with Crippen LogP contribution < -0.4 is 10.6 Å². The highest BCUT2D eigenvalue weighted by Gasteiger charge is 2.24. The molecule has 20 heavy (non-hydrogen) atoms. The Morgan fingerprint density at radius 3 is 2.60 bits per heavy atom. The molecule has 110 valence electrons. The summed E-state index contributed by atoms with van der Waals surface area (Å²) in [7, 11) is 0.